The first-order valence-electron chi connectivity index (χ1n) is 10.2. The van der Waals surface area contributed by atoms with E-state index in [0.29, 0.717) is 27.6 Å². The van der Waals surface area contributed by atoms with Crippen LogP contribution in [0, 0.1) is 0 Å². The Morgan fingerprint density at radius 2 is 1.51 bits per heavy atom. The van der Waals surface area contributed by atoms with Crippen molar-refractivity contribution in [2.75, 3.05) is 22.6 Å². The topological polar surface area (TPSA) is 105 Å². The number of ether oxygens (including phenoxy) is 1. The standard InChI is InChI=1S/C25H17Cl2N3O5/c1-35-25(34)14-5-9-17(10-6-14)29-22(31)15-3-2-4-18(13-15)28-21-20(27)23(32)30(24(21)33)19-11-7-16(26)8-12-19/h2-13,28H,1H3,(H,29,31). The van der Waals surface area contributed by atoms with E-state index < -0.39 is 23.7 Å². The van der Waals surface area contributed by atoms with E-state index in [1.165, 1.54) is 37.4 Å². The van der Waals surface area contributed by atoms with E-state index in [1.54, 1.807) is 42.5 Å². The molecule has 1 heterocycles. The highest BCUT2D eigenvalue weighted by Gasteiger charge is 2.39. The lowest BCUT2D eigenvalue weighted by molar-refractivity contribution is -0.120. The van der Waals surface area contributed by atoms with E-state index in [-0.39, 0.29) is 16.3 Å². The molecule has 0 atom stereocenters. The van der Waals surface area contributed by atoms with Gasteiger partial charge in [-0.2, -0.15) is 0 Å². The maximum absolute atomic E-state index is 12.9. The van der Waals surface area contributed by atoms with E-state index in [9.17, 15) is 19.2 Å². The van der Waals surface area contributed by atoms with Crippen molar-refractivity contribution in [3.63, 3.8) is 0 Å². The number of hydrogen-bond donors (Lipinski definition) is 2. The maximum atomic E-state index is 12.9. The number of benzene rings is 3. The van der Waals surface area contributed by atoms with Crippen LogP contribution in [0.15, 0.2) is 83.5 Å². The van der Waals surface area contributed by atoms with Gasteiger partial charge in [-0.05, 0) is 66.7 Å². The second-order valence-corrected chi connectivity index (χ2v) is 8.15. The van der Waals surface area contributed by atoms with Crippen molar-refractivity contribution in [2.24, 2.45) is 0 Å². The van der Waals surface area contributed by atoms with Gasteiger partial charge in [0.05, 0.1) is 18.4 Å². The number of nitrogens with zero attached hydrogens (tertiary/aromatic N) is 1. The first kappa shape index (κ1) is 24.0. The summed E-state index contributed by atoms with van der Waals surface area (Å²) < 4.78 is 4.65. The van der Waals surface area contributed by atoms with Gasteiger partial charge in [-0.3, -0.25) is 14.4 Å². The molecule has 3 aromatic rings. The second kappa shape index (κ2) is 10.0. The molecule has 1 aliphatic heterocycles. The number of amides is 3. The Kier molecular flexibility index (Phi) is 6.86. The number of anilines is 3. The highest BCUT2D eigenvalue weighted by molar-refractivity contribution is 6.53. The number of methoxy groups -OCH3 is 1. The fraction of sp³-hybridized carbons (Fsp3) is 0.0400. The molecule has 0 spiro atoms. The van der Waals surface area contributed by atoms with Crippen molar-refractivity contribution < 1.29 is 23.9 Å². The van der Waals surface area contributed by atoms with Crippen LogP contribution >= 0.6 is 23.2 Å². The van der Waals surface area contributed by atoms with Gasteiger partial charge in [0.15, 0.2) is 0 Å². The van der Waals surface area contributed by atoms with Crippen LogP contribution in [0.5, 0.6) is 0 Å². The first-order valence-corrected chi connectivity index (χ1v) is 10.9. The van der Waals surface area contributed by atoms with Crippen LogP contribution in [-0.2, 0) is 14.3 Å². The van der Waals surface area contributed by atoms with Crippen molar-refractivity contribution in [1.82, 2.24) is 0 Å². The molecule has 0 bridgehead atoms. The highest BCUT2D eigenvalue weighted by Crippen LogP contribution is 2.31. The molecule has 8 nitrogen and oxygen atoms in total. The van der Waals surface area contributed by atoms with Crippen molar-refractivity contribution in [3.05, 3.63) is 99.7 Å². The van der Waals surface area contributed by atoms with E-state index in [4.69, 9.17) is 23.2 Å². The van der Waals surface area contributed by atoms with Gasteiger partial charge in [-0.15, -0.1) is 0 Å². The summed E-state index contributed by atoms with van der Waals surface area (Å²) in [5.41, 5.74) is 1.71. The van der Waals surface area contributed by atoms with Gasteiger partial charge in [-0.25, -0.2) is 9.69 Å². The average molecular weight is 510 g/mol. The smallest absolute Gasteiger partial charge is 0.337 e. The second-order valence-electron chi connectivity index (χ2n) is 7.34. The van der Waals surface area contributed by atoms with Crippen molar-refractivity contribution in [1.29, 1.82) is 0 Å². The zero-order chi connectivity index (χ0) is 25.1. The Morgan fingerprint density at radius 3 is 2.17 bits per heavy atom. The fourth-order valence-corrected chi connectivity index (χ4v) is 3.67. The minimum absolute atomic E-state index is 0.109. The summed E-state index contributed by atoms with van der Waals surface area (Å²) >= 11 is 12.1. The molecule has 3 aromatic carbocycles. The Morgan fingerprint density at radius 1 is 0.829 bits per heavy atom. The number of halogens is 2. The van der Waals surface area contributed by atoms with Crippen LogP contribution < -0.4 is 15.5 Å². The van der Waals surface area contributed by atoms with Crippen molar-refractivity contribution in [2.45, 2.75) is 0 Å². The molecule has 0 saturated carbocycles. The Bertz CT molecular complexity index is 1370. The summed E-state index contributed by atoms with van der Waals surface area (Å²) in [6.07, 6.45) is 0. The first-order chi connectivity index (χ1) is 16.8. The third kappa shape index (κ3) is 5.03. The molecule has 0 unspecified atom stereocenters. The molecule has 0 aromatic heterocycles. The predicted octanol–water partition coefficient (Wildman–Crippen LogP) is 4.81. The molecule has 0 radical (unpaired) electrons. The lowest BCUT2D eigenvalue weighted by atomic mass is 10.1. The van der Waals surface area contributed by atoms with Crippen LogP contribution in [0.1, 0.15) is 20.7 Å². The number of rotatable bonds is 6. The molecular formula is C25H17Cl2N3O5. The molecule has 10 heteroatoms. The summed E-state index contributed by atoms with van der Waals surface area (Å²) in [5, 5.41) is 5.76. The van der Waals surface area contributed by atoms with Crippen LogP contribution in [0.2, 0.25) is 5.02 Å². The van der Waals surface area contributed by atoms with Crippen LogP contribution in [-0.4, -0.2) is 30.8 Å². The highest BCUT2D eigenvalue weighted by atomic mass is 35.5. The molecular weight excluding hydrogens is 493 g/mol. The summed E-state index contributed by atoms with van der Waals surface area (Å²) in [5.74, 6) is -2.21. The van der Waals surface area contributed by atoms with Gasteiger partial charge >= 0.3 is 5.97 Å². The normalized spacial score (nSPS) is 13.2. The molecule has 35 heavy (non-hydrogen) atoms. The van der Waals surface area contributed by atoms with Crippen molar-refractivity contribution in [3.8, 4) is 0 Å². The van der Waals surface area contributed by atoms with Gasteiger partial charge in [0.25, 0.3) is 17.7 Å². The Balaban J connectivity index is 1.49. The van der Waals surface area contributed by atoms with Gasteiger partial charge < -0.3 is 15.4 Å². The van der Waals surface area contributed by atoms with E-state index in [2.05, 4.69) is 15.4 Å². The summed E-state index contributed by atoms with van der Waals surface area (Å²) in [6, 6.07) is 18.7. The maximum Gasteiger partial charge on any atom is 0.337 e. The lowest BCUT2D eigenvalue weighted by Crippen LogP contribution is -2.32. The minimum atomic E-state index is -0.675. The van der Waals surface area contributed by atoms with Crippen LogP contribution in [0.3, 0.4) is 0 Å². The molecule has 0 aliphatic carbocycles. The molecule has 3 amide bonds. The van der Waals surface area contributed by atoms with Gasteiger partial charge in [0.1, 0.15) is 10.7 Å². The third-order valence-corrected chi connectivity index (χ3v) is 5.67. The van der Waals surface area contributed by atoms with E-state index >= 15 is 0 Å². The number of esters is 1. The Labute approximate surface area is 210 Å². The van der Waals surface area contributed by atoms with E-state index in [1.807, 2.05) is 0 Å². The quantitative estimate of drug-likeness (QED) is 0.364. The number of carbonyl (C=O) groups excluding carboxylic acids is 4. The molecule has 176 valence electrons. The largest absolute Gasteiger partial charge is 0.465 e. The average Bonchev–Trinajstić information content (AvgIpc) is 3.07. The molecule has 0 fully saturated rings. The van der Waals surface area contributed by atoms with Gasteiger partial charge in [0.2, 0.25) is 0 Å². The number of imide groups is 1. The number of nitrogens with one attached hydrogen (secondary N) is 2. The Hall–Kier alpha value is -4.14. The SMILES string of the molecule is COC(=O)c1ccc(NC(=O)c2cccc(NC3=C(Cl)C(=O)N(c4ccc(Cl)cc4)C3=O)c2)cc1. The lowest BCUT2D eigenvalue weighted by Gasteiger charge is -2.15. The van der Waals surface area contributed by atoms with Crippen LogP contribution in [0.4, 0.5) is 17.1 Å². The zero-order valence-electron chi connectivity index (χ0n) is 18.2. The predicted molar refractivity (Wildman–Crippen MR) is 133 cm³/mol. The van der Waals surface area contributed by atoms with E-state index in [0.717, 1.165) is 4.90 Å². The van der Waals surface area contributed by atoms with Crippen LogP contribution in [0.25, 0.3) is 0 Å². The molecule has 2 N–H and O–H groups in total. The minimum Gasteiger partial charge on any atom is -0.465 e. The number of carbonyl (C=O) groups is 4. The summed E-state index contributed by atoms with van der Waals surface area (Å²) in [7, 11) is 1.28. The number of hydrogen-bond acceptors (Lipinski definition) is 6. The summed E-state index contributed by atoms with van der Waals surface area (Å²) in [6.45, 7) is 0. The van der Waals surface area contributed by atoms with Gasteiger partial charge in [0, 0.05) is 22.0 Å². The molecule has 1 aliphatic rings. The van der Waals surface area contributed by atoms with Crippen molar-refractivity contribution >= 4 is 64.0 Å². The monoisotopic (exact) mass is 509 g/mol. The van der Waals surface area contributed by atoms with Gasteiger partial charge in [-0.1, -0.05) is 29.3 Å². The third-order valence-electron chi connectivity index (χ3n) is 5.07. The summed E-state index contributed by atoms with van der Waals surface area (Å²) in [4.78, 5) is 50.7. The molecule has 4 rings (SSSR count). The fourth-order valence-electron chi connectivity index (χ4n) is 3.33. The zero-order valence-corrected chi connectivity index (χ0v) is 19.7. The molecule has 0 saturated heterocycles.